The van der Waals surface area contributed by atoms with E-state index in [1.54, 1.807) is 25.1 Å². The zero-order chi connectivity index (χ0) is 15.7. The van der Waals surface area contributed by atoms with Gasteiger partial charge in [0.1, 0.15) is 6.54 Å². The van der Waals surface area contributed by atoms with E-state index in [4.69, 9.17) is 9.47 Å². The number of nitrogens with one attached hydrogen (secondary N) is 1. The molecule has 1 atom stereocenters. The number of anilines is 1. The highest BCUT2D eigenvalue weighted by Gasteiger charge is 2.33. The van der Waals surface area contributed by atoms with Crippen molar-refractivity contribution >= 4 is 35.2 Å². The number of rotatable bonds is 3. The third kappa shape index (κ3) is 2.87. The Hall–Kier alpha value is -2.22. The van der Waals surface area contributed by atoms with Gasteiger partial charge in [-0.3, -0.25) is 19.3 Å². The average Bonchev–Trinajstić information content (AvgIpc) is 2.95. The van der Waals surface area contributed by atoms with Gasteiger partial charge in [-0.05, 0) is 19.1 Å². The number of hydrogen-bond acceptors (Lipinski definition) is 6. The van der Waals surface area contributed by atoms with Gasteiger partial charge < -0.3 is 14.8 Å². The van der Waals surface area contributed by atoms with Crippen molar-refractivity contribution in [2.45, 2.75) is 12.2 Å². The lowest BCUT2D eigenvalue weighted by molar-refractivity contribution is -0.145. The number of fused-ring (bicyclic) bond motifs is 1. The minimum Gasteiger partial charge on any atom is -0.454 e. The number of amides is 3. The lowest BCUT2D eigenvalue weighted by Gasteiger charge is -2.27. The first-order chi connectivity index (χ1) is 10.5. The largest absolute Gasteiger partial charge is 0.454 e. The molecule has 2 heterocycles. The maximum Gasteiger partial charge on any atom is 0.244 e. The molecule has 0 aliphatic carbocycles. The van der Waals surface area contributed by atoms with Crippen LogP contribution in [0.4, 0.5) is 5.69 Å². The van der Waals surface area contributed by atoms with Crippen LogP contribution in [0.5, 0.6) is 11.5 Å². The Balaban J connectivity index is 1.65. The SMILES string of the molecule is C[C@H]1SCC(=O)N(CC(=O)Nc2ccc3c(c2)OCO3)C1=O. The zero-order valence-electron chi connectivity index (χ0n) is 11.8. The summed E-state index contributed by atoms with van der Waals surface area (Å²) in [7, 11) is 0. The number of carbonyl (C=O) groups is 3. The summed E-state index contributed by atoms with van der Waals surface area (Å²) in [5.74, 6) is 0.276. The molecule has 1 aromatic rings. The predicted octanol–water partition coefficient (Wildman–Crippen LogP) is 0.844. The number of hydrogen-bond donors (Lipinski definition) is 1. The standard InChI is InChI=1S/C14H14N2O5S/c1-8-14(19)16(13(18)6-22-8)5-12(17)15-9-2-3-10-11(4-9)21-7-20-10/h2-4,8H,5-7H2,1H3,(H,15,17)/t8-/m1/s1. The molecule has 0 saturated carbocycles. The molecule has 1 aromatic carbocycles. The van der Waals surface area contributed by atoms with Crippen LogP contribution in [-0.4, -0.2) is 47.0 Å². The van der Waals surface area contributed by atoms with E-state index in [0.29, 0.717) is 17.2 Å². The minimum absolute atomic E-state index is 0.152. The van der Waals surface area contributed by atoms with E-state index >= 15 is 0 Å². The summed E-state index contributed by atoms with van der Waals surface area (Å²) in [5.41, 5.74) is 0.522. The van der Waals surface area contributed by atoms with Crippen LogP contribution in [0.2, 0.25) is 0 Å². The fourth-order valence-electron chi connectivity index (χ4n) is 2.17. The molecule has 1 fully saturated rings. The Labute approximate surface area is 130 Å². The Morgan fingerprint density at radius 3 is 2.95 bits per heavy atom. The van der Waals surface area contributed by atoms with Gasteiger partial charge in [-0.25, -0.2) is 0 Å². The van der Waals surface area contributed by atoms with Crippen molar-refractivity contribution in [3.63, 3.8) is 0 Å². The number of carbonyl (C=O) groups excluding carboxylic acids is 3. The van der Waals surface area contributed by atoms with Crippen LogP contribution in [0.15, 0.2) is 18.2 Å². The molecule has 0 unspecified atom stereocenters. The Morgan fingerprint density at radius 1 is 1.36 bits per heavy atom. The van der Waals surface area contributed by atoms with E-state index in [-0.39, 0.29) is 36.2 Å². The van der Waals surface area contributed by atoms with Gasteiger partial charge in [0.05, 0.1) is 11.0 Å². The minimum atomic E-state index is -0.431. The highest BCUT2D eigenvalue weighted by atomic mass is 32.2. The Bertz CT molecular complexity index is 648. The number of thioether (sulfide) groups is 1. The van der Waals surface area contributed by atoms with Crippen molar-refractivity contribution in [1.29, 1.82) is 0 Å². The summed E-state index contributed by atoms with van der Waals surface area (Å²) in [6.07, 6.45) is 0. The van der Waals surface area contributed by atoms with Crippen LogP contribution in [0.3, 0.4) is 0 Å². The molecule has 8 heteroatoms. The van der Waals surface area contributed by atoms with Crippen LogP contribution in [-0.2, 0) is 14.4 Å². The van der Waals surface area contributed by atoms with E-state index in [0.717, 1.165) is 4.90 Å². The molecule has 0 spiro atoms. The van der Waals surface area contributed by atoms with Gasteiger partial charge in [-0.15, -0.1) is 11.8 Å². The second-order valence-electron chi connectivity index (χ2n) is 4.89. The Kier molecular flexibility index (Phi) is 3.93. The van der Waals surface area contributed by atoms with Crippen molar-refractivity contribution < 1.29 is 23.9 Å². The van der Waals surface area contributed by atoms with Gasteiger partial charge in [-0.2, -0.15) is 0 Å². The maximum atomic E-state index is 12.0. The van der Waals surface area contributed by atoms with E-state index < -0.39 is 5.91 Å². The van der Waals surface area contributed by atoms with Crippen LogP contribution in [0.1, 0.15) is 6.92 Å². The second kappa shape index (κ2) is 5.88. The summed E-state index contributed by atoms with van der Waals surface area (Å²) >= 11 is 1.28. The molecule has 3 rings (SSSR count). The number of ether oxygens (including phenoxy) is 2. The van der Waals surface area contributed by atoms with E-state index in [2.05, 4.69) is 5.32 Å². The fraction of sp³-hybridized carbons (Fsp3) is 0.357. The van der Waals surface area contributed by atoms with Crippen molar-refractivity contribution in [2.75, 3.05) is 24.4 Å². The lowest BCUT2D eigenvalue weighted by Crippen LogP contribution is -2.49. The predicted molar refractivity (Wildman–Crippen MR) is 79.8 cm³/mol. The average molecular weight is 322 g/mol. The topological polar surface area (TPSA) is 84.9 Å². The van der Waals surface area contributed by atoms with E-state index in [1.165, 1.54) is 11.8 Å². The van der Waals surface area contributed by atoms with Crippen LogP contribution in [0, 0.1) is 0 Å². The monoisotopic (exact) mass is 322 g/mol. The smallest absolute Gasteiger partial charge is 0.244 e. The first-order valence-corrected chi connectivity index (χ1v) is 7.75. The summed E-state index contributed by atoms with van der Waals surface area (Å²) < 4.78 is 10.4. The first-order valence-electron chi connectivity index (χ1n) is 6.70. The molecule has 116 valence electrons. The first kappa shape index (κ1) is 14.7. The van der Waals surface area contributed by atoms with Crippen molar-refractivity contribution in [1.82, 2.24) is 4.90 Å². The fourth-order valence-corrected chi connectivity index (χ4v) is 2.99. The van der Waals surface area contributed by atoms with Crippen molar-refractivity contribution in [2.24, 2.45) is 0 Å². The molecule has 2 aliphatic rings. The van der Waals surface area contributed by atoms with E-state index in [1.807, 2.05) is 0 Å². The summed E-state index contributed by atoms with van der Waals surface area (Å²) in [5, 5.41) is 2.34. The van der Waals surface area contributed by atoms with Crippen LogP contribution in [0.25, 0.3) is 0 Å². The van der Waals surface area contributed by atoms with Crippen LogP contribution < -0.4 is 14.8 Å². The number of nitrogens with zero attached hydrogens (tertiary/aromatic N) is 1. The Morgan fingerprint density at radius 2 is 2.14 bits per heavy atom. The molecular formula is C14H14N2O5S. The van der Waals surface area contributed by atoms with Gasteiger partial charge >= 0.3 is 0 Å². The summed E-state index contributed by atoms with van der Waals surface area (Å²) in [6, 6.07) is 5.00. The lowest BCUT2D eigenvalue weighted by atomic mass is 10.2. The van der Waals surface area contributed by atoms with Gasteiger partial charge in [0.2, 0.25) is 24.5 Å². The third-order valence-corrected chi connectivity index (χ3v) is 4.44. The molecule has 0 bridgehead atoms. The van der Waals surface area contributed by atoms with Gasteiger partial charge in [-0.1, -0.05) is 0 Å². The van der Waals surface area contributed by atoms with Crippen LogP contribution >= 0.6 is 11.8 Å². The second-order valence-corrected chi connectivity index (χ2v) is 6.22. The molecule has 0 aromatic heterocycles. The summed E-state index contributed by atoms with van der Waals surface area (Å²) in [6.45, 7) is 1.60. The summed E-state index contributed by atoms with van der Waals surface area (Å²) in [4.78, 5) is 36.7. The van der Waals surface area contributed by atoms with Gasteiger partial charge in [0, 0.05) is 11.8 Å². The third-order valence-electron chi connectivity index (χ3n) is 3.33. The molecule has 0 radical (unpaired) electrons. The maximum absolute atomic E-state index is 12.0. The number of imide groups is 1. The molecular weight excluding hydrogens is 308 g/mol. The highest BCUT2D eigenvalue weighted by Crippen LogP contribution is 2.34. The molecule has 3 amide bonds. The van der Waals surface area contributed by atoms with Crippen molar-refractivity contribution in [3.8, 4) is 11.5 Å². The zero-order valence-corrected chi connectivity index (χ0v) is 12.6. The van der Waals surface area contributed by atoms with Gasteiger partial charge in [0.25, 0.3) is 0 Å². The molecule has 1 saturated heterocycles. The normalized spacial score (nSPS) is 20.2. The molecule has 22 heavy (non-hydrogen) atoms. The quantitative estimate of drug-likeness (QED) is 0.830. The number of benzene rings is 1. The molecule has 2 aliphatic heterocycles. The highest BCUT2D eigenvalue weighted by molar-refractivity contribution is 8.01. The molecule has 7 nitrogen and oxygen atoms in total. The van der Waals surface area contributed by atoms with Gasteiger partial charge in [0.15, 0.2) is 11.5 Å². The van der Waals surface area contributed by atoms with E-state index in [9.17, 15) is 14.4 Å². The molecule has 1 N–H and O–H groups in total. The van der Waals surface area contributed by atoms with Crippen molar-refractivity contribution in [3.05, 3.63) is 18.2 Å².